The van der Waals surface area contributed by atoms with Gasteiger partial charge in [0.15, 0.2) is 11.5 Å². The van der Waals surface area contributed by atoms with Crippen LogP contribution < -0.4 is 24.8 Å². The lowest BCUT2D eigenvalue weighted by molar-refractivity contribution is -0.116. The number of anilines is 2. The van der Waals surface area contributed by atoms with Gasteiger partial charge in [-0.2, -0.15) is 0 Å². The summed E-state index contributed by atoms with van der Waals surface area (Å²) in [7, 11) is 0. The Kier molecular flexibility index (Phi) is 4.74. The number of rotatable bonds is 6. The summed E-state index contributed by atoms with van der Waals surface area (Å²) in [6.07, 6.45) is 0. The molecule has 0 aliphatic carbocycles. The highest BCUT2D eigenvalue weighted by Crippen LogP contribution is 2.34. The minimum Gasteiger partial charge on any atom is -0.492 e. The van der Waals surface area contributed by atoms with Crippen LogP contribution in [0.2, 0.25) is 0 Å². The molecule has 0 spiro atoms. The molecule has 1 atom stereocenters. The molecule has 24 heavy (non-hydrogen) atoms. The van der Waals surface area contributed by atoms with Crippen molar-refractivity contribution in [3.05, 3.63) is 42.5 Å². The normalized spacial score (nSPS) is 13.2. The van der Waals surface area contributed by atoms with Crippen LogP contribution in [0.4, 0.5) is 11.4 Å². The van der Waals surface area contributed by atoms with Crippen LogP contribution in [0.5, 0.6) is 17.2 Å². The number of carbonyl (C=O) groups excluding carboxylic acids is 1. The quantitative estimate of drug-likeness (QED) is 0.852. The molecule has 0 radical (unpaired) electrons. The van der Waals surface area contributed by atoms with Crippen LogP contribution in [-0.4, -0.2) is 25.3 Å². The average molecular weight is 328 g/mol. The van der Waals surface area contributed by atoms with Crippen LogP contribution in [0.3, 0.4) is 0 Å². The van der Waals surface area contributed by atoms with Gasteiger partial charge in [-0.3, -0.25) is 4.79 Å². The van der Waals surface area contributed by atoms with Gasteiger partial charge in [-0.05, 0) is 38.1 Å². The Hall–Kier alpha value is -2.89. The molecule has 6 heteroatoms. The molecule has 0 saturated carbocycles. The number of nitrogens with one attached hydrogen (secondary N) is 2. The van der Waals surface area contributed by atoms with Gasteiger partial charge in [0.05, 0.1) is 12.3 Å². The molecular weight excluding hydrogens is 308 g/mol. The first-order chi connectivity index (χ1) is 11.7. The molecule has 0 aromatic heterocycles. The number of hydrogen-bond acceptors (Lipinski definition) is 5. The molecule has 2 aromatic carbocycles. The summed E-state index contributed by atoms with van der Waals surface area (Å²) in [5.74, 6) is 1.89. The maximum absolute atomic E-state index is 12.4. The molecular formula is C18H20N2O4. The molecule has 1 aliphatic heterocycles. The lowest BCUT2D eigenvalue weighted by Gasteiger charge is -2.18. The molecule has 0 fully saturated rings. The Labute approximate surface area is 140 Å². The van der Waals surface area contributed by atoms with Crippen molar-refractivity contribution in [1.82, 2.24) is 0 Å². The van der Waals surface area contributed by atoms with E-state index in [0.29, 0.717) is 23.8 Å². The van der Waals surface area contributed by atoms with Crippen molar-refractivity contribution in [3.63, 3.8) is 0 Å². The SMILES string of the molecule is CCOc1ccccc1N[C@@H](C)C(=O)Nc1ccc2c(c1)OCO2. The fraction of sp³-hybridized carbons (Fsp3) is 0.278. The first-order valence-corrected chi connectivity index (χ1v) is 7.86. The Morgan fingerprint density at radius 1 is 1.21 bits per heavy atom. The van der Waals surface area contributed by atoms with E-state index in [1.165, 1.54) is 0 Å². The zero-order chi connectivity index (χ0) is 16.9. The summed E-state index contributed by atoms with van der Waals surface area (Å²) in [5, 5.41) is 6.04. The van der Waals surface area contributed by atoms with E-state index in [2.05, 4.69) is 10.6 Å². The van der Waals surface area contributed by atoms with Crippen molar-refractivity contribution in [2.75, 3.05) is 24.0 Å². The zero-order valence-electron chi connectivity index (χ0n) is 13.7. The second kappa shape index (κ2) is 7.12. The van der Waals surface area contributed by atoms with E-state index in [4.69, 9.17) is 14.2 Å². The minimum atomic E-state index is -0.433. The number of fused-ring (bicyclic) bond motifs is 1. The van der Waals surface area contributed by atoms with Crippen molar-refractivity contribution in [3.8, 4) is 17.2 Å². The van der Waals surface area contributed by atoms with Gasteiger partial charge in [0.1, 0.15) is 11.8 Å². The summed E-state index contributed by atoms with van der Waals surface area (Å²) < 4.78 is 16.1. The summed E-state index contributed by atoms with van der Waals surface area (Å²) in [4.78, 5) is 12.4. The smallest absolute Gasteiger partial charge is 0.246 e. The Morgan fingerprint density at radius 2 is 2.00 bits per heavy atom. The summed E-state index contributed by atoms with van der Waals surface area (Å²) in [6.45, 7) is 4.49. The minimum absolute atomic E-state index is 0.153. The molecule has 2 aromatic rings. The molecule has 2 N–H and O–H groups in total. The predicted molar refractivity (Wildman–Crippen MR) is 91.9 cm³/mol. The van der Waals surface area contributed by atoms with E-state index in [1.807, 2.05) is 31.2 Å². The molecule has 126 valence electrons. The number of carbonyl (C=O) groups is 1. The maximum Gasteiger partial charge on any atom is 0.246 e. The van der Waals surface area contributed by atoms with Gasteiger partial charge in [-0.15, -0.1) is 0 Å². The highest BCUT2D eigenvalue weighted by molar-refractivity contribution is 5.96. The van der Waals surface area contributed by atoms with Gasteiger partial charge in [0, 0.05) is 11.8 Å². The fourth-order valence-electron chi connectivity index (χ4n) is 2.39. The number of hydrogen-bond donors (Lipinski definition) is 2. The summed E-state index contributed by atoms with van der Waals surface area (Å²) >= 11 is 0. The second-order valence-corrected chi connectivity index (χ2v) is 5.35. The molecule has 3 rings (SSSR count). The largest absolute Gasteiger partial charge is 0.492 e. The van der Waals surface area contributed by atoms with Gasteiger partial charge in [0.25, 0.3) is 0 Å². The molecule has 0 saturated heterocycles. The molecule has 0 bridgehead atoms. The summed E-state index contributed by atoms with van der Waals surface area (Å²) in [6, 6.07) is 12.4. The van der Waals surface area contributed by atoms with Crippen molar-refractivity contribution < 1.29 is 19.0 Å². The van der Waals surface area contributed by atoms with Crippen molar-refractivity contribution in [2.24, 2.45) is 0 Å². The van der Waals surface area contributed by atoms with E-state index >= 15 is 0 Å². The van der Waals surface area contributed by atoms with E-state index in [1.54, 1.807) is 25.1 Å². The highest BCUT2D eigenvalue weighted by atomic mass is 16.7. The molecule has 6 nitrogen and oxygen atoms in total. The highest BCUT2D eigenvalue weighted by Gasteiger charge is 2.17. The van der Waals surface area contributed by atoms with Gasteiger partial charge >= 0.3 is 0 Å². The Morgan fingerprint density at radius 3 is 2.83 bits per heavy atom. The van der Waals surface area contributed by atoms with E-state index < -0.39 is 6.04 Å². The molecule has 1 aliphatic rings. The van der Waals surface area contributed by atoms with Crippen LogP contribution in [0.25, 0.3) is 0 Å². The first kappa shape index (κ1) is 16.0. The van der Waals surface area contributed by atoms with Crippen LogP contribution in [-0.2, 0) is 4.79 Å². The Balaban J connectivity index is 1.65. The first-order valence-electron chi connectivity index (χ1n) is 7.86. The van der Waals surface area contributed by atoms with Crippen LogP contribution in [0.15, 0.2) is 42.5 Å². The van der Waals surface area contributed by atoms with Gasteiger partial charge in [-0.25, -0.2) is 0 Å². The average Bonchev–Trinajstić information content (AvgIpc) is 3.04. The predicted octanol–water partition coefficient (Wildman–Crippen LogP) is 3.25. The summed E-state index contributed by atoms with van der Waals surface area (Å²) in [5.41, 5.74) is 1.45. The van der Waals surface area contributed by atoms with Gasteiger partial charge < -0.3 is 24.8 Å². The fourth-order valence-corrected chi connectivity index (χ4v) is 2.39. The van der Waals surface area contributed by atoms with Crippen molar-refractivity contribution >= 4 is 17.3 Å². The third-order valence-electron chi connectivity index (χ3n) is 3.59. The number of ether oxygens (including phenoxy) is 3. The number of amides is 1. The van der Waals surface area contributed by atoms with Gasteiger partial charge in [-0.1, -0.05) is 12.1 Å². The topological polar surface area (TPSA) is 68.8 Å². The van der Waals surface area contributed by atoms with E-state index in [-0.39, 0.29) is 12.7 Å². The molecule has 1 heterocycles. The molecule has 0 unspecified atom stereocenters. The van der Waals surface area contributed by atoms with E-state index in [0.717, 1.165) is 11.4 Å². The van der Waals surface area contributed by atoms with Crippen LogP contribution in [0.1, 0.15) is 13.8 Å². The van der Waals surface area contributed by atoms with Crippen molar-refractivity contribution in [2.45, 2.75) is 19.9 Å². The monoisotopic (exact) mass is 328 g/mol. The lowest BCUT2D eigenvalue weighted by Crippen LogP contribution is -2.32. The Bertz CT molecular complexity index is 733. The zero-order valence-corrected chi connectivity index (χ0v) is 13.7. The third-order valence-corrected chi connectivity index (χ3v) is 3.59. The van der Waals surface area contributed by atoms with Crippen LogP contribution in [0, 0.1) is 0 Å². The number of benzene rings is 2. The molecule has 1 amide bonds. The lowest BCUT2D eigenvalue weighted by atomic mass is 10.2. The van der Waals surface area contributed by atoms with Crippen molar-refractivity contribution in [1.29, 1.82) is 0 Å². The van der Waals surface area contributed by atoms with E-state index in [9.17, 15) is 4.79 Å². The third kappa shape index (κ3) is 3.53. The standard InChI is InChI=1S/C18H20N2O4/c1-3-22-15-7-5-4-6-14(15)19-12(2)18(21)20-13-8-9-16-17(10-13)24-11-23-16/h4-10,12,19H,3,11H2,1-2H3,(H,20,21)/t12-/m0/s1. The van der Waals surface area contributed by atoms with Gasteiger partial charge in [0.2, 0.25) is 12.7 Å². The van der Waals surface area contributed by atoms with Crippen LogP contribution >= 0.6 is 0 Å². The number of para-hydroxylation sites is 2. The maximum atomic E-state index is 12.4. The second-order valence-electron chi connectivity index (χ2n) is 5.35.